The minimum absolute atomic E-state index is 0.165. The molecule has 0 radical (unpaired) electrons. The summed E-state index contributed by atoms with van der Waals surface area (Å²) in [6.45, 7) is 4.66. The smallest absolute Gasteiger partial charge is 0.165 e. The van der Waals surface area contributed by atoms with Crippen molar-refractivity contribution in [2.75, 3.05) is 0 Å². The quantitative estimate of drug-likeness (QED) is 0.440. The average Bonchev–Trinajstić information content (AvgIpc) is 2.95. The third-order valence-corrected chi connectivity index (χ3v) is 9.18. The van der Waals surface area contributed by atoms with E-state index < -0.39 is 0 Å². The minimum Gasteiger partial charge on any atom is -0.393 e. The van der Waals surface area contributed by atoms with E-state index in [0.29, 0.717) is 23.5 Å². The lowest BCUT2D eigenvalue weighted by Crippen LogP contribution is -2.50. The van der Waals surface area contributed by atoms with Crippen molar-refractivity contribution in [3.05, 3.63) is 52.1 Å². The molecule has 4 aliphatic rings. The zero-order valence-corrected chi connectivity index (χ0v) is 18.2. The van der Waals surface area contributed by atoms with Crippen molar-refractivity contribution in [3.63, 3.8) is 0 Å². The van der Waals surface area contributed by atoms with E-state index in [1.54, 1.807) is 0 Å². The maximum atomic E-state index is 13.5. The Morgan fingerprint density at radius 2 is 1.76 bits per heavy atom. The Hall–Kier alpha value is -1.38. The summed E-state index contributed by atoms with van der Waals surface area (Å²) in [5, 5.41) is 10.9. The standard InChI is InChI=1S/C26H31ClO2/c1-25-11-9-20(28)15-18(25)5-8-21-22(25)10-12-26(2)23(21)14-17(24(26)29)13-16-3-6-19(27)7-4-16/h3-7,13,20-23,28H,8-12,14-15H2,1-2H3/b17-13+/t20-,21-,22+,23-,25-,26-/m0/s1. The third-order valence-electron chi connectivity index (χ3n) is 8.93. The summed E-state index contributed by atoms with van der Waals surface area (Å²) in [4.78, 5) is 13.5. The van der Waals surface area contributed by atoms with Gasteiger partial charge in [-0.05, 0) is 97.5 Å². The Bertz CT molecular complexity index is 898. The minimum atomic E-state index is -0.213. The van der Waals surface area contributed by atoms with Crippen molar-refractivity contribution in [1.82, 2.24) is 0 Å². The van der Waals surface area contributed by atoms with Crippen LogP contribution in [0.25, 0.3) is 6.08 Å². The number of aliphatic hydroxyl groups excluding tert-OH is 1. The molecular weight excluding hydrogens is 380 g/mol. The maximum absolute atomic E-state index is 13.5. The van der Waals surface area contributed by atoms with Gasteiger partial charge in [-0.15, -0.1) is 0 Å². The van der Waals surface area contributed by atoms with Crippen molar-refractivity contribution in [3.8, 4) is 0 Å². The third kappa shape index (κ3) is 2.98. The lowest BCUT2D eigenvalue weighted by molar-refractivity contribution is -0.130. The van der Waals surface area contributed by atoms with Gasteiger partial charge in [0.1, 0.15) is 0 Å². The van der Waals surface area contributed by atoms with Gasteiger partial charge in [0.2, 0.25) is 0 Å². The van der Waals surface area contributed by atoms with E-state index in [9.17, 15) is 9.90 Å². The molecule has 6 atom stereocenters. The highest BCUT2D eigenvalue weighted by Crippen LogP contribution is 2.64. The van der Waals surface area contributed by atoms with Crippen LogP contribution in [0.2, 0.25) is 5.02 Å². The number of hydrogen-bond donors (Lipinski definition) is 1. The van der Waals surface area contributed by atoms with Crippen molar-refractivity contribution in [2.24, 2.45) is 28.6 Å². The summed E-state index contributed by atoms with van der Waals surface area (Å²) in [5.41, 5.74) is 3.56. The van der Waals surface area contributed by atoms with Crippen molar-refractivity contribution in [2.45, 2.75) is 64.9 Å². The maximum Gasteiger partial charge on any atom is 0.165 e. The molecule has 0 spiro atoms. The fourth-order valence-electron chi connectivity index (χ4n) is 7.20. The molecule has 0 saturated heterocycles. The van der Waals surface area contributed by atoms with E-state index in [1.807, 2.05) is 24.3 Å². The molecule has 0 bridgehead atoms. The molecule has 0 aliphatic heterocycles. The molecule has 29 heavy (non-hydrogen) atoms. The van der Waals surface area contributed by atoms with E-state index in [1.165, 1.54) is 5.57 Å². The molecule has 1 aromatic carbocycles. The normalized spacial score (nSPS) is 42.8. The molecule has 0 heterocycles. The fourth-order valence-corrected chi connectivity index (χ4v) is 7.33. The van der Waals surface area contributed by atoms with Crippen LogP contribution in [0.5, 0.6) is 0 Å². The van der Waals surface area contributed by atoms with Gasteiger partial charge in [-0.1, -0.05) is 49.2 Å². The van der Waals surface area contributed by atoms with Gasteiger partial charge >= 0.3 is 0 Å². The van der Waals surface area contributed by atoms with Crippen molar-refractivity contribution in [1.29, 1.82) is 0 Å². The molecular formula is C26H31ClO2. The van der Waals surface area contributed by atoms with Crippen LogP contribution >= 0.6 is 11.6 Å². The first-order chi connectivity index (χ1) is 13.8. The molecule has 2 nitrogen and oxygen atoms in total. The predicted molar refractivity (Wildman–Crippen MR) is 118 cm³/mol. The second-order valence-electron chi connectivity index (χ2n) is 10.4. The second kappa shape index (κ2) is 6.82. The molecule has 4 aliphatic carbocycles. The average molecular weight is 411 g/mol. The Kier molecular flexibility index (Phi) is 4.60. The predicted octanol–water partition coefficient (Wildman–Crippen LogP) is 6.23. The Morgan fingerprint density at radius 1 is 1.03 bits per heavy atom. The highest BCUT2D eigenvalue weighted by Gasteiger charge is 2.59. The largest absolute Gasteiger partial charge is 0.393 e. The fraction of sp³-hybridized carbons (Fsp3) is 0.577. The number of aliphatic hydroxyl groups is 1. The second-order valence-corrected chi connectivity index (χ2v) is 10.8. The molecule has 0 aromatic heterocycles. The van der Waals surface area contributed by atoms with Crippen LogP contribution in [0.3, 0.4) is 0 Å². The van der Waals surface area contributed by atoms with E-state index in [0.717, 1.165) is 61.1 Å². The first-order valence-electron chi connectivity index (χ1n) is 11.2. The van der Waals surface area contributed by atoms with Gasteiger partial charge in [-0.25, -0.2) is 0 Å². The van der Waals surface area contributed by atoms with Crippen LogP contribution in [0.4, 0.5) is 0 Å². The first-order valence-corrected chi connectivity index (χ1v) is 11.6. The number of carbonyl (C=O) groups is 1. The zero-order chi connectivity index (χ0) is 20.4. The summed E-state index contributed by atoms with van der Waals surface area (Å²) in [7, 11) is 0. The monoisotopic (exact) mass is 410 g/mol. The molecule has 3 fully saturated rings. The molecule has 1 aromatic rings. The number of allylic oxidation sites excluding steroid dienone is 2. The van der Waals surface area contributed by atoms with Crippen LogP contribution in [0.1, 0.15) is 64.4 Å². The molecule has 154 valence electrons. The number of Topliss-reactive ketones (excluding diaryl/α,β-unsaturated/α-hetero) is 1. The summed E-state index contributed by atoms with van der Waals surface area (Å²) >= 11 is 6.02. The summed E-state index contributed by atoms with van der Waals surface area (Å²) in [5.74, 6) is 2.04. The van der Waals surface area contributed by atoms with E-state index in [-0.39, 0.29) is 16.9 Å². The zero-order valence-electron chi connectivity index (χ0n) is 17.5. The van der Waals surface area contributed by atoms with Gasteiger partial charge in [-0.3, -0.25) is 4.79 Å². The van der Waals surface area contributed by atoms with Crippen LogP contribution in [-0.2, 0) is 4.79 Å². The van der Waals surface area contributed by atoms with Gasteiger partial charge < -0.3 is 5.11 Å². The van der Waals surface area contributed by atoms with E-state index in [2.05, 4.69) is 26.0 Å². The molecule has 3 heteroatoms. The Morgan fingerprint density at radius 3 is 2.52 bits per heavy atom. The number of ketones is 1. The summed E-state index contributed by atoms with van der Waals surface area (Å²) in [6, 6.07) is 7.79. The number of carbonyl (C=O) groups excluding carboxylic acids is 1. The number of rotatable bonds is 1. The van der Waals surface area contributed by atoms with Gasteiger partial charge in [0.25, 0.3) is 0 Å². The lowest BCUT2D eigenvalue weighted by Gasteiger charge is -2.56. The highest BCUT2D eigenvalue weighted by atomic mass is 35.5. The summed E-state index contributed by atoms with van der Waals surface area (Å²) < 4.78 is 0. The number of hydrogen-bond acceptors (Lipinski definition) is 2. The number of halogens is 1. The Balaban J connectivity index is 1.47. The molecule has 1 N–H and O–H groups in total. The van der Waals surface area contributed by atoms with Crippen LogP contribution in [0, 0.1) is 28.6 Å². The molecule has 0 unspecified atom stereocenters. The topological polar surface area (TPSA) is 37.3 Å². The van der Waals surface area contributed by atoms with Gasteiger partial charge in [0, 0.05) is 10.4 Å². The van der Waals surface area contributed by atoms with Crippen LogP contribution in [-0.4, -0.2) is 17.0 Å². The Labute approximate surface area is 179 Å². The van der Waals surface area contributed by atoms with Crippen LogP contribution < -0.4 is 0 Å². The number of benzene rings is 1. The molecule has 5 rings (SSSR count). The number of fused-ring (bicyclic) bond motifs is 5. The van der Waals surface area contributed by atoms with E-state index >= 15 is 0 Å². The van der Waals surface area contributed by atoms with Gasteiger partial charge in [0.05, 0.1) is 6.10 Å². The van der Waals surface area contributed by atoms with Crippen molar-refractivity contribution >= 4 is 23.5 Å². The van der Waals surface area contributed by atoms with Crippen molar-refractivity contribution < 1.29 is 9.90 Å². The van der Waals surface area contributed by atoms with Gasteiger partial charge in [-0.2, -0.15) is 0 Å². The summed E-state index contributed by atoms with van der Waals surface area (Å²) in [6.07, 6.45) is 11.3. The molecule has 3 saturated carbocycles. The SMILES string of the molecule is C[C@]12CC[C@H](O)CC1=CC[C@H]1[C@H]2CC[C@]2(C)C(=O)/C(=C/c3ccc(Cl)cc3)C[C@@H]12. The first kappa shape index (κ1) is 19.6. The van der Waals surface area contributed by atoms with Crippen LogP contribution in [0.15, 0.2) is 41.5 Å². The highest BCUT2D eigenvalue weighted by molar-refractivity contribution is 6.30. The van der Waals surface area contributed by atoms with E-state index in [4.69, 9.17) is 11.6 Å². The van der Waals surface area contributed by atoms with Gasteiger partial charge in [0.15, 0.2) is 5.78 Å². The molecule has 0 amide bonds. The lowest BCUT2D eigenvalue weighted by atomic mass is 9.48.